The quantitative estimate of drug-likeness (QED) is 0.839. The lowest BCUT2D eigenvalue weighted by Crippen LogP contribution is -2.37. The van der Waals surface area contributed by atoms with Gasteiger partial charge in [0.25, 0.3) is 0 Å². The summed E-state index contributed by atoms with van der Waals surface area (Å²) in [6, 6.07) is 2.92. The van der Waals surface area contributed by atoms with E-state index in [1.54, 1.807) is 6.92 Å². The summed E-state index contributed by atoms with van der Waals surface area (Å²) in [5.74, 6) is 1.98. The number of nitrogens with one attached hydrogen (secondary N) is 1. The standard InChI is InChI=1S/C12H17ClN2O2S2/c1-8-11(13)6-10(7-12(8)14)19(16,17)15-9-2-4-18-5-3-9/h6-7,9,15H,2-5,14H2,1H3. The molecular formula is C12H17ClN2O2S2. The molecule has 1 saturated heterocycles. The molecule has 1 aromatic rings. The van der Waals surface area contributed by atoms with E-state index in [1.807, 2.05) is 11.8 Å². The first-order chi connectivity index (χ1) is 8.90. The Morgan fingerprint density at radius 3 is 2.58 bits per heavy atom. The van der Waals surface area contributed by atoms with E-state index < -0.39 is 10.0 Å². The third-order valence-corrected chi connectivity index (χ3v) is 6.15. The van der Waals surface area contributed by atoms with E-state index in [4.69, 9.17) is 17.3 Å². The van der Waals surface area contributed by atoms with E-state index in [2.05, 4.69) is 4.72 Å². The van der Waals surface area contributed by atoms with Gasteiger partial charge in [-0.3, -0.25) is 0 Å². The van der Waals surface area contributed by atoms with Crippen LogP contribution in [0.5, 0.6) is 0 Å². The molecule has 1 aliphatic rings. The third kappa shape index (κ3) is 3.56. The second-order valence-electron chi connectivity index (χ2n) is 4.63. The minimum Gasteiger partial charge on any atom is -0.398 e. The molecule has 0 bridgehead atoms. The lowest BCUT2D eigenvalue weighted by Gasteiger charge is -2.22. The summed E-state index contributed by atoms with van der Waals surface area (Å²) in [7, 11) is -3.55. The minimum absolute atomic E-state index is 0.00699. The predicted octanol–water partition coefficient (Wildman–Crippen LogP) is 2.40. The number of sulfonamides is 1. The number of thioether (sulfide) groups is 1. The summed E-state index contributed by atoms with van der Waals surface area (Å²) >= 11 is 7.84. The molecule has 4 nitrogen and oxygen atoms in total. The van der Waals surface area contributed by atoms with Crippen molar-refractivity contribution in [1.82, 2.24) is 4.72 Å². The molecule has 0 atom stereocenters. The Morgan fingerprint density at radius 1 is 1.37 bits per heavy atom. The van der Waals surface area contributed by atoms with Crippen LogP contribution in [0.15, 0.2) is 17.0 Å². The van der Waals surface area contributed by atoms with Gasteiger partial charge in [0.1, 0.15) is 0 Å². The van der Waals surface area contributed by atoms with E-state index in [1.165, 1.54) is 12.1 Å². The van der Waals surface area contributed by atoms with E-state index >= 15 is 0 Å². The van der Waals surface area contributed by atoms with E-state index in [0.29, 0.717) is 16.3 Å². The van der Waals surface area contributed by atoms with Crippen LogP contribution in [-0.4, -0.2) is 26.0 Å². The van der Waals surface area contributed by atoms with Crippen LogP contribution in [0.4, 0.5) is 5.69 Å². The first kappa shape index (κ1) is 15.0. The Balaban J connectivity index is 2.24. The van der Waals surface area contributed by atoms with Gasteiger partial charge in [0.15, 0.2) is 0 Å². The average molecular weight is 321 g/mol. The van der Waals surface area contributed by atoms with Crippen molar-refractivity contribution < 1.29 is 8.42 Å². The van der Waals surface area contributed by atoms with E-state index in [-0.39, 0.29) is 10.9 Å². The molecule has 1 aliphatic heterocycles. The molecule has 7 heteroatoms. The van der Waals surface area contributed by atoms with Gasteiger partial charge in [0, 0.05) is 16.8 Å². The van der Waals surface area contributed by atoms with Gasteiger partial charge in [-0.25, -0.2) is 13.1 Å². The summed E-state index contributed by atoms with van der Waals surface area (Å²) in [6.07, 6.45) is 1.72. The Morgan fingerprint density at radius 2 is 2.00 bits per heavy atom. The maximum absolute atomic E-state index is 12.3. The molecule has 3 N–H and O–H groups in total. The van der Waals surface area contributed by atoms with Gasteiger partial charge in [-0.1, -0.05) is 11.6 Å². The predicted molar refractivity (Wildman–Crippen MR) is 81.3 cm³/mol. The van der Waals surface area contributed by atoms with Crippen LogP contribution in [0.25, 0.3) is 0 Å². The van der Waals surface area contributed by atoms with Crippen molar-refractivity contribution in [1.29, 1.82) is 0 Å². The molecule has 0 aromatic heterocycles. The fourth-order valence-corrected chi connectivity index (χ4v) is 4.70. The lowest BCUT2D eigenvalue weighted by atomic mass is 10.2. The lowest BCUT2D eigenvalue weighted by molar-refractivity contribution is 0.529. The topological polar surface area (TPSA) is 72.2 Å². The van der Waals surface area contributed by atoms with Crippen LogP contribution < -0.4 is 10.5 Å². The second kappa shape index (κ2) is 5.91. The van der Waals surface area contributed by atoms with E-state index in [0.717, 1.165) is 24.3 Å². The molecule has 0 amide bonds. The Labute approximate surface area is 123 Å². The van der Waals surface area contributed by atoms with Crippen LogP contribution in [0.2, 0.25) is 5.02 Å². The van der Waals surface area contributed by atoms with Gasteiger partial charge in [-0.15, -0.1) is 0 Å². The smallest absolute Gasteiger partial charge is 0.240 e. The highest BCUT2D eigenvalue weighted by atomic mass is 35.5. The Bertz CT molecular complexity index is 546. The highest BCUT2D eigenvalue weighted by Crippen LogP contribution is 2.26. The van der Waals surface area contributed by atoms with Gasteiger partial charge in [-0.2, -0.15) is 11.8 Å². The van der Waals surface area contributed by atoms with Crippen LogP contribution in [-0.2, 0) is 10.0 Å². The largest absolute Gasteiger partial charge is 0.398 e. The molecular weight excluding hydrogens is 304 g/mol. The number of hydrogen-bond acceptors (Lipinski definition) is 4. The molecule has 106 valence electrons. The highest BCUT2D eigenvalue weighted by Gasteiger charge is 2.23. The monoisotopic (exact) mass is 320 g/mol. The maximum atomic E-state index is 12.3. The highest BCUT2D eigenvalue weighted by molar-refractivity contribution is 7.99. The van der Waals surface area contributed by atoms with Crippen LogP contribution in [0, 0.1) is 6.92 Å². The Kier molecular flexibility index (Phi) is 4.66. The van der Waals surface area contributed by atoms with Crippen LogP contribution in [0.3, 0.4) is 0 Å². The summed E-state index contributed by atoms with van der Waals surface area (Å²) in [5, 5.41) is 0.375. The van der Waals surface area contributed by atoms with Crippen molar-refractivity contribution in [3.05, 3.63) is 22.7 Å². The molecule has 1 heterocycles. The van der Waals surface area contributed by atoms with Gasteiger partial charge in [0.05, 0.1) is 4.90 Å². The molecule has 1 fully saturated rings. The molecule has 19 heavy (non-hydrogen) atoms. The molecule has 1 aromatic carbocycles. The molecule has 2 rings (SSSR count). The van der Waals surface area contributed by atoms with E-state index in [9.17, 15) is 8.42 Å². The first-order valence-corrected chi connectivity index (χ1v) is 9.07. The number of hydrogen-bond donors (Lipinski definition) is 2. The first-order valence-electron chi connectivity index (χ1n) is 6.06. The molecule has 0 radical (unpaired) electrons. The average Bonchev–Trinajstić information content (AvgIpc) is 2.36. The zero-order chi connectivity index (χ0) is 14.0. The number of rotatable bonds is 3. The van der Waals surface area contributed by atoms with Crippen LogP contribution in [0.1, 0.15) is 18.4 Å². The summed E-state index contributed by atoms with van der Waals surface area (Å²) < 4.78 is 27.3. The minimum atomic E-state index is -3.55. The Hall–Kier alpha value is -0.430. The number of halogens is 1. The number of nitrogens with two attached hydrogens (primary N) is 1. The summed E-state index contributed by atoms with van der Waals surface area (Å²) in [6.45, 7) is 1.76. The summed E-state index contributed by atoms with van der Waals surface area (Å²) in [4.78, 5) is 0.138. The van der Waals surface area contributed by atoms with Crippen molar-refractivity contribution in [3.63, 3.8) is 0 Å². The fourth-order valence-electron chi connectivity index (χ4n) is 1.93. The van der Waals surface area contributed by atoms with Gasteiger partial charge in [-0.05, 0) is 49.0 Å². The molecule has 0 saturated carbocycles. The normalized spacial score (nSPS) is 17.6. The number of benzene rings is 1. The SMILES string of the molecule is Cc1c(N)cc(S(=O)(=O)NC2CCSCC2)cc1Cl. The van der Waals surface area contributed by atoms with Gasteiger partial charge in [0.2, 0.25) is 10.0 Å². The molecule has 0 unspecified atom stereocenters. The van der Waals surface area contributed by atoms with Crippen molar-refractivity contribution in [2.24, 2.45) is 0 Å². The van der Waals surface area contributed by atoms with Crippen LogP contribution >= 0.6 is 23.4 Å². The zero-order valence-electron chi connectivity index (χ0n) is 10.6. The van der Waals surface area contributed by atoms with Gasteiger partial charge < -0.3 is 5.73 Å². The fraction of sp³-hybridized carbons (Fsp3) is 0.500. The maximum Gasteiger partial charge on any atom is 0.240 e. The molecule has 0 aliphatic carbocycles. The van der Waals surface area contributed by atoms with Crippen molar-refractivity contribution in [2.75, 3.05) is 17.2 Å². The zero-order valence-corrected chi connectivity index (χ0v) is 13.0. The summed E-state index contributed by atoms with van der Waals surface area (Å²) in [5.41, 5.74) is 6.87. The van der Waals surface area contributed by atoms with Gasteiger partial charge >= 0.3 is 0 Å². The number of nitrogen functional groups attached to an aromatic ring is 1. The third-order valence-electron chi connectivity index (χ3n) is 3.21. The molecule has 0 spiro atoms. The van der Waals surface area contributed by atoms with Crippen molar-refractivity contribution in [2.45, 2.75) is 30.7 Å². The van der Waals surface area contributed by atoms with Crippen molar-refractivity contribution in [3.8, 4) is 0 Å². The second-order valence-corrected chi connectivity index (χ2v) is 7.97. The van der Waals surface area contributed by atoms with Crippen molar-refractivity contribution >= 4 is 39.1 Å². The number of anilines is 1.